The molecule has 0 N–H and O–H groups in total. The molecule has 0 atom stereocenters. The van der Waals surface area contributed by atoms with Crippen LogP contribution in [0, 0.1) is 0 Å². The van der Waals surface area contributed by atoms with Crippen molar-refractivity contribution in [2.75, 3.05) is 6.61 Å². The largest absolute Gasteiger partial charge is 0.691 e. The molecule has 0 aromatic rings. The fourth-order valence-electron chi connectivity index (χ4n) is 2.01. The Morgan fingerprint density at radius 2 is 1.90 bits per heavy atom. The monoisotopic (exact) mass is 329 g/mol. The summed E-state index contributed by atoms with van der Waals surface area (Å²) < 4.78 is 38.6. The number of rotatable bonds is 7. The van der Waals surface area contributed by atoms with Gasteiger partial charge in [-0.25, -0.2) is 9.59 Å². The Balaban J connectivity index is 2.36. The van der Waals surface area contributed by atoms with Crippen LogP contribution in [0.5, 0.6) is 0 Å². The van der Waals surface area contributed by atoms with Crippen molar-refractivity contribution in [1.82, 2.24) is 0 Å². The second kappa shape index (κ2) is 7.87. The highest BCUT2D eigenvalue weighted by Crippen LogP contribution is 2.32. The number of ether oxygens (including phenoxy) is 2. The Morgan fingerprint density at radius 1 is 1.29 bits per heavy atom. The molecule has 1 fully saturated rings. The minimum absolute atomic E-state index is 0.654. The van der Waals surface area contributed by atoms with Crippen molar-refractivity contribution in [1.29, 1.82) is 0 Å². The van der Waals surface area contributed by atoms with Crippen LogP contribution in [-0.2, 0) is 28.4 Å². The molecule has 0 aromatic carbocycles. The van der Waals surface area contributed by atoms with Gasteiger partial charge >= 0.3 is 17.2 Å². The maximum absolute atomic E-state index is 13.0. The van der Waals surface area contributed by atoms with Crippen LogP contribution >= 0.6 is 12.0 Å². The van der Waals surface area contributed by atoms with E-state index in [2.05, 4.69) is 14.1 Å². The summed E-state index contributed by atoms with van der Waals surface area (Å²) in [5.41, 5.74) is -0.654. The third-order valence-electron chi connectivity index (χ3n) is 3.00. The molecule has 0 heterocycles. The molecule has 0 amide bonds. The molecule has 0 aliphatic heterocycles. The molecule has 122 valence electrons. The number of hydrogen-bond donors (Lipinski definition) is 0. The second-order valence-corrected chi connectivity index (χ2v) is 5.61. The quantitative estimate of drug-likeness (QED) is 0.298. The Bertz CT molecular complexity index is 372. The predicted molar refractivity (Wildman–Crippen MR) is 63.2 cm³/mol. The summed E-state index contributed by atoms with van der Waals surface area (Å²) in [6, 6.07) is 0. The van der Waals surface area contributed by atoms with Gasteiger partial charge in [-0.2, -0.15) is 13.1 Å². The van der Waals surface area contributed by atoms with Crippen LogP contribution in [0.1, 0.15) is 39.0 Å². The third kappa shape index (κ3) is 6.12. The molecule has 1 rings (SSSR count). The number of halogens is 2. The molecule has 21 heavy (non-hydrogen) atoms. The van der Waals surface area contributed by atoms with Crippen LogP contribution in [0.2, 0.25) is 0 Å². The van der Waals surface area contributed by atoms with Gasteiger partial charge in [-0.3, -0.25) is 5.04 Å². The average molecular weight is 329 g/mol. The lowest BCUT2D eigenvalue weighted by Crippen LogP contribution is -2.36. The zero-order valence-electron chi connectivity index (χ0n) is 11.3. The maximum atomic E-state index is 13.0. The van der Waals surface area contributed by atoms with Crippen LogP contribution in [0.3, 0.4) is 0 Å². The van der Waals surface area contributed by atoms with E-state index >= 15 is 0 Å². The normalized spacial score (nSPS) is 18.1. The molecule has 0 bridgehead atoms. The van der Waals surface area contributed by atoms with Crippen molar-refractivity contribution in [3.05, 3.63) is 0 Å². The van der Waals surface area contributed by atoms with Gasteiger partial charge in [0, 0.05) is 0 Å². The molecule has 0 radical (unpaired) electrons. The Morgan fingerprint density at radius 3 is 2.48 bits per heavy atom. The molecule has 7 nitrogen and oxygen atoms in total. The van der Waals surface area contributed by atoms with Crippen molar-refractivity contribution in [2.45, 2.75) is 49.9 Å². The summed E-state index contributed by atoms with van der Waals surface area (Å²) in [6.07, 6.45) is 4.21. The van der Waals surface area contributed by atoms with Crippen LogP contribution in [0.4, 0.5) is 8.78 Å². The Hall–Kier alpha value is -0.970. The summed E-state index contributed by atoms with van der Waals surface area (Å²) in [6.45, 7) is 0.804. The van der Waals surface area contributed by atoms with Gasteiger partial charge in [0.1, 0.15) is 17.6 Å². The van der Waals surface area contributed by atoms with E-state index in [-0.39, 0.29) is 0 Å². The third-order valence-corrected chi connectivity index (χ3v) is 3.50. The van der Waals surface area contributed by atoms with Crippen molar-refractivity contribution in [3.63, 3.8) is 0 Å². The highest BCUT2D eigenvalue weighted by Gasteiger charge is 2.44. The van der Waals surface area contributed by atoms with Gasteiger partial charge in [0.05, 0.1) is 0 Å². The van der Waals surface area contributed by atoms with E-state index in [1.54, 1.807) is 6.92 Å². The highest BCUT2D eigenvalue weighted by atomic mass is 32.2. The summed E-state index contributed by atoms with van der Waals surface area (Å²) in [7, 11) is 0. The Labute approximate surface area is 123 Å². The molecular formula is C11H15F2O7S-. The number of hydrogen-bond acceptors (Lipinski definition) is 8. The number of esters is 2. The lowest BCUT2D eigenvalue weighted by Gasteiger charge is -2.33. The predicted octanol–water partition coefficient (Wildman–Crippen LogP) is 1.26. The summed E-state index contributed by atoms with van der Waals surface area (Å²) in [4.78, 5) is 22.5. The smallest absolute Gasteiger partial charge is 0.415 e. The van der Waals surface area contributed by atoms with E-state index in [9.17, 15) is 23.6 Å². The molecule has 10 heteroatoms. The van der Waals surface area contributed by atoms with Crippen molar-refractivity contribution in [3.8, 4) is 0 Å². The molecular weight excluding hydrogens is 314 g/mol. The molecule has 0 unspecified atom stereocenters. The SMILES string of the molecule is CC1(OC(=O)COC(=O)C(F)(F)SOO[O-])CCCCC1. The maximum Gasteiger partial charge on any atom is 0.415 e. The number of alkyl halides is 2. The minimum Gasteiger partial charge on any atom is -0.691 e. The van der Waals surface area contributed by atoms with Crippen LogP contribution in [-0.4, -0.2) is 29.4 Å². The zero-order chi connectivity index (χ0) is 15.9. The topological polar surface area (TPSA) is 94.1 Å². The molecule has 0 spiro atoms. The van der Waals surface area contributed by atoms with E-state index in [1.165, 1.54) is 0 Å². The van der Waals surface area contributed by atoms with Crippen LogP contribution < -0.4 is 5.26 Å². The van der Waals surface area contributed by atoms with E-state index in [0.29, 0.717) is 12.8 Å². The van der Waals surface area contributed by atoms with Crippen LogP contribution in [0.15, 0.2) is 0 Å². The minimum atomic E-state index is -4.17. The zero-order valence-corrected chi connectivity index (χ0v) is 12.1. The first-order valence-electron chi connectivity index (χ1n) is 6.20. The lowest BCUT2D eigenvalue weighted by atomic mass is 9.86. The van der Waals surface area contributed by atoms with Crippen molar-refractivity contribution in [2.24, 2.45) is 0 Å². The first kappa shape index (κ1) is 18.1. The van der Waals surface area contributed by atoms with Crippen LogP contribution in [0.25, 0.3) is 0 Å². The highest BCUT2D eigenvalue weighted by molar-refractivity contribution is 7.96. The van der Waals surface area contributed by atoms with E-state index < -0.39 is 41.4 Å². The second-order valence-electron chi connectivity index (χ2n) is 4.80. The average Bonchev–Trinajstić information content (AvgIpc) is 2.42. The van der Waals surface area contributed by atoms with Gasteiger partial charge in [-0.1, -0.05) is 6.42 Å². The first-order chi connectivity index (χ1) is 9.79. The molecule has 1 aliphatic rings. The summed E-state index contributed by atoms with van der Waals surface area (Å²) in [5, 5.41) is 7.95. The number of carbonyl (C=O) groups excluding carboxylic acids is 2. The molecule has 0 saturated heterocycles. The van der Waals surface area contributed by atoms with Crippen molar-refractivity contribution >= 4 is 24.0 Å². The van der Waals surface area contributed by atoms with Gasteiger partial charge in [0.25, 0.3) is 0 Å². The standard InChI is InChI=1S/C11H16F2O7S/c1-10(5-3-2-4-6-10)18-8(14)7-17-9(15)11(12,13)21-20-19-16/h16H,2-7H2,1H3/p-1. The van der Waals surface area contributed by atoms with E-state index in [4.69, 9.17) is 4.74 Å². The van der Waals surface area contributed by atoms with Gasteiger partial charge in [0.2, 0.25) is 0 Å². The Kier molecular flexibility index (Phi) is 6.78. The van der Waals surface area contributed by atoms with Crippen molar-refractivity contribution < 1.29 is 42.5 Å². The van der Waals surface area contributed by atoms with Gasteiger partial charge in [0.15, 0.2) is 6.61 Å². The fourth-order valence-corrected chi connectivity index (χ4v) is 2.25. The fraction of sp³-hybridized carbons (Fsp3) is 0.818. The lowest BCUT2D eigenvalue weighted by molar-refractivity contribution is -0.777. The molecule has 1 aliphatic carbocycles. The molecule has 1 saturated carbocycles. The summed E-state index contributed by atoms with van der Waals surface area (Å²) >= 11 is -0.821. The number of carbonyl (C=O) groups is 2. The van der Waals surface area contributed by atoms with Gasteiger partial charge in [-0.15, -0.1) is 0 Å². The van der Waals surface area contributed by atoms with E-state index in [1.807, 2.05) is 0 Å². The van der Waals surface area contributed by atoms with Gasteiger partial charge in [-0.05, 0) is 32.6 Å². The first-order valence-corrected chi connectivity index (χ1v) is 6.94. The van der Waals surface area contributed by atoms with E-state index in [0.717, 1.165) is 19.3 Å². The summed E-state index contributed by atoms with van der Waals surface area (Å²) in [5.74, 6) is -2.94. The molecule has 0 aromatic heterocycles. The van der Waals surface area contributed by atoms with Gasteiger partial charge < -0.3 is 14.7 Å².